The molecule has 3 aromatic heterocycles. The molecule has 3 aromatic rings. The van der Waals surface area contributed by atoms with Crippen LogP contribution in [-0.4, -0.2) is 19.9 Å². The quantitative estimate of drug-likeness (QED) is 0.411. The van der Waals surface area contributed by atoms with Crippen molar-refractivity contribution >= 4 is 58.8 Å². The molecule has 4 nitrogen and oxygen atoms in total. The fraction of sp³-hybridized carbons (Fsp3) is 0. The van der Waals surface area contributed by atoms with Gasteiger partial charge in [0.2, 0.25) is 0 Å². The number of nitrogens with zero attached hydrogens (tertiary/aromatic N) is 2. The normalized spacial score (nSPS) is 12.2. The van der Waals surface area contributed by atoms with E-state index in [0.717, 1.165) is 44.8 Å². The molecule has 0 radical (unpaired) electrons. The molecule has 0 spiro atoms. The molecular weight excluding hydrogens is 332 g/mol. The molecule has 0 unspecified atom stereocenters. The Morgan fingerprint density at radius 2 is 0.840 bits per heavy atom. The van der Waals surface area contributed by atoms with Crippen molar-refractivity contribution in [2.75, 3.05) is 0 Å². The number of hydrogen-bond acceptors (Lipinski definition) is 2. The summed E-state index contributed by atoms with van der Waals surface area (Å²) in [6.45, 7) is 0. The zero-order valence-electron chi connectivity index (χ0n) is 13.2. The molecule has 0 atom stereocenters. The molecule has 5 rings (SSSR count). The van der Waals surface area contributed by atoms with Gasteiger partial charge in [0, 0.05) is 22.1 Å². The molecule has 5 heteroatoms. The first-order chi connectivity index (χ1) is 11.8. The summed E-state index contributed by atoms with van der Waals surface area (Å²) in [5, 5.41) is 0. The van der Waals surface area contributed by atoms with Crippen LogP contribution in [0, 0.1) is 0 Å². The fourth-order valence-corrected chi connectivity index (χ4v) is 2.94. The molecule has 0 aromatic carbocycles. The van der Waals surface area contributed by atoms with E-state index < -0.39 is 0 Å². The van der Waals surface area contributed by atoms with Crippen LogP contribution < -0.4 is 0 Å². The molecule has 0 amide bonds. The molecule has 2 N–H and O–H groups in total. The van der Waals surface area contributed by atoms with Crippen molar-refractivity contribution in [1.82, 2.24) is 19.9 Å². The van der Waals surface area contributed by atoms with Gasteiger partial charge in [-0.05, 0) is 72.8 Å². The highest BCUT2D eigenvalue weighted by Gasteiger charge is 2.02. The number of fused-ring (bicyclic) bond motifs is 8. The van der Waals surface area contributed by atoms with Gasteiger partial charge >= 0.3 is 0 Å². The van der Waals surface area contributed by atoms with Crippen LogP contribution in [0.2, 0.25) is 0 Å². The maximum Gasteiger partial charge on any atom is 0.0659 e. The van der Waals surface area contributed by atoms with Gasteiger partial charge in [-0.3, -0.25) is 0 Å². The fourth-order valence-electron chi connectivity index (χ4n) is 2.94. The Morgan fingerprint density at radius 3 is 1.28 bits per heavy atom. The summed E-state index contributed by atoms with van der Waals surface area (Å²) in [6, 6.07) is 16.4. The minimum atomic E-state index is 0. The zero-order chi connectivity index (χ0) is 15.9. The van der Waals surface area contributed by atoms with Crippen molar-refractivity contribution in [3.63, 3.8) is 0 Å². The number of aromatic nitrogens is 4. The number of hydrogen-bond donors (Lipinski definition) is 2. The van der Waals surface area contributed by atoms with E-state index >= 15 is 0 Å². The third-order valence-electron chi connectivity index (χ3n) is 4.04. The third kappa shape index (κ3) is 3.12. The van der Waals surface area contributed by atoms with E-state index in [4.69, 9.17) is 0 Å². The Kier molecular flexibility index (Phi) is 3.75. The van der Waals surface area contributed by atoms with E-state index in [2.05, 4.69) is 50.3 Å². The monoisotopic (exact) mass is 346 g/mol. The number of nitrogens with one attached hydrogen (secondary N) is 2. The molecule has 0 fully saturated rings. The molecule has 25 heavy (non-hydrogen) atoms. The average Bonchev–Trinajstić information content (AvgIpc) is 3.32. The Labute approximate surface area is 150 Å². The second-order valence-corrected chi connectivity index (χ2v) is 5.91. The molecule has 0 saturated carbocycles. The lowest BCUT2D eigenvalue weighted by molar-refractivity contribution is 1.28. The van der Waals surface area contributed by atoms with Crippen LogP contribution in [0.4, 0.5) is 0 Å². The van der Waals surface area contributed by atoms with Gasteiger partial charge < -0.3 is 9.97 Å². The first-order valence-electron chi connectivity index (χ1n) is 7.85. The standard InChI is InChI=1S/C20H14N4.ClH/c1-2-14-10-16-5-6-18(23-16)12-20-8-7-19(24-20)11-17-4-3-15(22-17)9-13(1)21-14;/h1-12,21-22H;1H. The first kappa shape index (κ1) is 15.4. The van der Waals surface area contributed by atoms with Crippen LogP contribution >= 0.6 is 12.4 Å². The second kappa shape index (κ2) is 6.07. The van der Waals surface area contributed by atoms with Crippen molar-refractivity contribution in [1.29, 1.82) is 0 Å². The maximum absolute atomic E-state index is 4.62. The highest BCUT2D eigenvalue weighted by molar-refractivity contribution is 5.85. The van der Waals surface area contributed by atoms with Crippen LogP contribution in [-0.2, 0) is 0 Å². The molecule has 0 aliphatic carbocycles. The molecule has 2 aliphatic rings. The summed E-state index contributed by atoms with van der Waals surface area (Å²) >= 11 is 0. The molecule has 8 bridgehead atoms. The van der Waals surface area contributed by atoms with Crippen molar-refractivity contribution in [3.8, 4) is 0 Å². The zero-order valence-corrected chi connectivity index (χ0v) is 14.0. The van der Waals surface area contributed by atoms with Crippen molar-refractivity contribution in [3.05, 3.63) is 71.3 Å². The minimum Gasteiger partial charge on any atom is -0.355 e. The van der Waals surface area contributed by atoms with E-state index in [1.54, 1.807) is 0 Å². The lowest BCUT2D eigenvalue weighted by Gasteiger charge is -1.86. The van der Waals surface area contributed by atoms with Gasteiger partial charge in [-0.25, -0.2) is 9.97 Å². The number of aromatic amines is 2. The van der Waals surface area contributed by atoms with Crippen LogP contribution in [0.25, 0.3) is 46.4 Å². The van der Waals surface area contributed by atoms with Gasteiger partial charge in [0.15, 0.2) is 0 Å². The highest BCUT2D eigenvalue weighted by atomic mass is 35.5. The summed E-state index contributed by atoms with van der Waals surface area (Å²) in [7, 11) is 0. The van der Waals surface area contributed by atoms with Crippen LogP contribution in [0.3, 0.4) is 0 Å². The lowest BCUT2D eigenvalue weighted by Crippen LogP contribution is -1.77. The highest BCUT2D eigenvalue weighted by Crippen LogP contribution is 2.17. The molecule has 122 valence electrons. The van der Waals surface area contributed by atoms with Crippen LogP contribution in [0.1, 0.15) is 22.8 Å². The summed E-state index contributed by atoms with van der Waals surface area (Å²) < 4.78 is 0. The Bertz CT molecular complexity index is 1080. The smallest absolute Gasteiger partial charge is 0.0659 e. The summed E-state index contributed by atoms with van der Waals surface area (Å²) in [5.41, 5.74) is 7.86. The van der Waals surface area contributed by atoms with Gasteiger partial charge in [-0.1, -0.05) is 0 Å². The van der Waals surface area contributed by atoms with Crippen LogP contribution in [0.5, 0.6) is 0 Å². The molecule has 0 saturated heterocycles. The predicted molar refractivity (Wildman–Crippen MR) is 106 cm³/mol. The summed E-state index contributed by atoms with van der Waals surface area (Å²) in [5.74, 6) is 0. The van der Waals surface area contributed by atoms with Gasteiger partial charge in [0.05, 0.1) is 22.8 Å². The Hall–Kier alpha value is -3.11. The summed E-state index contributed by atoms with van der Waals surface area (Å²) in [6.07, 6.45) is 8.05. The van der Waals surface area contributed by atoms with Gasteiger partial charge in [0.25, 0.3) is 0 Å². The number of halogens is 1. The van der Waals surface area contributed by atoms with Crippen molar-refractivity contribution in [2.24, 2.45) is 0 Å². The topological polar surface area (TPSA) is 57.4 Å². The van der Waals surface area contributed by atoms with Crippen molar-refractivity contribution in [2.45, 2.75) is 0 Å². The van der Waals surface area contributed by atoms with Gasteiger partial charge in [-0.2, -0.15) is 0 Å². The lowest BCUT2D eigenvalue weighted by atomic mass is 10.3. The Balaban J connectivity index is 0.00000157. The largest absolute Gasteiger partial charge is 0.355 e. The predicted octanol–water partition coefficient (Wildman–Crippen LogP) is 5.08. The molecular formula is C20H15ClN4. The van der Waals surface area contributed by atoms with Crippen molar-refractivity contribution < 1.29 is 0 Å². The van der Waals surface area contributed by atoms with E-state index in [0.29, 0.717) is 0 Å². The van der Waals surface area contributed by atoms with Gasteiger partial charge in [0.1, 0.15) is 0 Å². The number of H-pyrrole nitrogens is 2. The molecule has 2 aliphatic heterocycles. The van der Waals surface area contributed by atoms with Crippen LogP contribution in [0.15, 0.2) is 48.5 Å². The number of rotatable bonds is 0. The first-order valence-corrected chi connectivity index (χ1v) is 7.85. The second-order valence-electron chi connectivity index (χ2n) is 5.91. The maximum atomic E-state index is 4.62. The van der Waals surface area contributed by atoms with Gasteiger partial charge in [-0.15, -0.1) is 12.4 Å². The van der Waals surface area contributed by atoms with E-state index in [1.807, 2.05) is 42.5 Å². The minimum absolute atomic E-state index is 0. The van der Waals surface area contributed by atoms with E-state index in [-0.39, 0.29) is 12.4 Å². The van der Waals surface area contributed by atoms with E-state index in [9.17, 15) is 0 Å². The average molecular weight is 347 g/mol. The SMILES string of the molecule is C1=Cc2cc3ccc(cc4ccc(cc5nc(cc1n2)C=C5)[nH]4)[nH]3.Cl. The Morgan fingerprint density at radius 1 is 0.480 bits per heavy atom. The summed E-state index contributed by atoms with van der Waals surface area (Å²) in [4.78, 5) is 16.0. The third-order valence-corrected chi connectivity index (χ3v) is 4.04. The van der Waals surface area contributed by atoms with E-state index in [1.165, 1.54) is 0 Å². The molecule has 5 heterocycles.